The van der Waals surface area contributed by atoms with E-state index in [9.17, 15) is 0 Å². The minimum atomic E-state index is 0.293. The zero-order valence-electron chi connectivity index (χ0n) is 7.74. The lowest BCUT2D eigenvalue weighted by Crippen LogP contribution is -1.73. The van der Waals surface area contributed by atoms with Crippen molar-refractivity contribution in [3.05, 3.63) is 42.6 Å². The molecule has 0 fully saturated rings. The van der Waals surface area contributed by atoms with Gasteiger partial charge in [-0.3, -0.25) is 0 Å². The van der Waals surface area contributed by atoms with Gasteiger partial charge in [0.15, 0.2) is 0 Å². The third-order valence-electron chi connectivity index (χ3n) is 1.34. The summed E-state index contributed by atoms with van der Waals surface area (Å²) < 4.78 is 19.8. The molecule has 1 aromatic heterocycles. The van der Waals surface area contributed by atoms with Crippen molar-refractivity contribution < 1.29 is 7.26 Å². The smallest absolute Gasteiger partial charge is 0.124 e. The van der Waals surface area contributed by atoms with Crippen LogP contribution < -0.4 is 0 Å². The minimum Gasteiger partial charge on any atom is -0.364 e. The summed E-state index contributed by atoms with van der Waals surface area (Å²) in [6, 6.07) is 7.16. The van der Waals surface area contributed by atoms with Crippen LogP contribution in [0.4, 0.5) is 0 Å². The van der Waals surface area contributed by atoms with Crippen LogP contribution in [-0.4, -0.2) is 5.16 Å². The van der Waals surface area contributed by atoms with E-state index >= 15 is 0 Å². The molecule has 2 heteroatoms. The summed E-state index contributed by atoms with van der Waals surface area (Å²) in [6.45, 7) is 0. The molecule has 0 aliphatic heterocycles. The van der Waals surface area contributed by atoms with Crippen molar-refractivity contribution in [3.63, 3.8) is 0 Å². The van der Waals surface area contributed by atoms with Crippen molar-refractivity contribution >= 4 is 0 Å². The standard InChI is InChI=1S/C9H7NO/c1-2-4-8(5-3-1)9-6-7-11-10-9/h1-7H/i4D,5D. The fourth-order valence-electron chi connectivity index (χ4n) is 0.842. The lowest BCUT2D eigenvalue weighted by atomic mass is 10.2. The predicted octanol–water partition coefficient (Wildman–Crippen LogP) is 2.34. The molecule has 54 valence electrons. The maximum Gasteiger partial charge on any atom is 0.124 e. The van der Waals surface area contributed by atoms with E-state index in [1.165, 1.54) is 6.26 Å². The summed E-state index contributed by atoms with van der Waals surface area (Å²) in [7, 11) is 0. The zero-order chi connectivity index (χ0) is 9.26. The number of hydrogen-bond donors (Lipinski definition) is 0. The summed E-state index contributed by atoms with van der Waals surface area (Å²) in [5.74, 6) is 0. The highest BCUT2D eigenvalue weighted by molar-refractivity contribution is 5.57. The van der Waals surface area contributed by atoms with Crippen molar-refractivity contribution in [1.82, 2.24) is 5.16 Å². The number of hydrogen-bond acceptors (Lipinski definition) is 2. The van der Waals surface area contributed by atoms with E-state index in [1.807, 2.05) is 0 Å². The average molecular weight is 147 g/mol. The molecule has 1 aromatic carbocycles. The highest BCUT2D eigenvalue weighted by Gasteiger charge is 1.96. The number of rotatable bonds is 1. The van der Waals surface area contributed by atoms with Crippen LogP contribution in [0.3, 0.4) is 0 Å². The molecule has 0 N–H and O–H groups in total. The Hall–Kier alpha value is -1.57. The fraction of sp³-hybridized carbons (Fsp3) is 0. The molecule has 2 aromatic rings. The van der Waals surface area contributed by atoms with E-state index in [2.05, 4.69) is 9.68 Å². The van der Waals surface area contributed by atoms with E-state index < -0.39 is 0 Å². The first-order chi connectivity index (χ1) is 6.29. The van der Waals surface area contributed by atoms with Gasteiger partial charge in [-0.1, -0.05) is 35.4 Å². The molecule has 2 nitrogen and oxygen atoms in total. The van der Waals surface area contributed by atoms with Crippen molar-refractivity contribution in [2.24, 2.45) is 0 Å². The molecule has 0 aliphatic rings. The highest BCUT2D eigenvalue weighted by Crippen LogP contribution is 2.14. The maximum atomic E-state index is 7.59. The van der Waals surface area contributed by atoms with Gasteiger partial charge in [0.05, 0.1) is 2.74 Å². The summed E-state index contributed by atoms with van der Waals surface area (Å²) >= 11 is 0. The van der Waals surface area contributed by atoms with Gasteiger partial charge in [0.2, 0.25) is 0 Å². The molecule has 11 heavy (non-hydrogen) atoms. The fourth-order valence-corrected chi connectivity index (χ4v) is 0.842. The topological polar surface area (TPSA) is 26.0 Å². The van der Waals surface area contributed by atoms with Crippen molar-refractivity contribution in [1.29, 1.82) is 0 Å². The van der Waals surface area contributed by atoms with Crippen LogP contribution in [0, 0.1) is 0 Å². The number of aromatic nitrogens is 1. The van der Waals surface area contributed by atoms with Crippen LogP contribution in [0.2, 0.25) is 0 Å². The second-order valence-electron chi connectivity index (χ2n) is 2.07. The van der Waals surface area contributed by atoms with Gasteiger partial charge in [-0.25, -0.2) is 0 Å². The Morgan fingerprint density at radius 1 is 1.27 bits per heavy atom. The monoisotopic (exact) mass is 147 g/mol. The van der Waals surface area contributed by atoms with Gasteiger partial charge in [-0.2, -0.15) is 0 Å². The first kappa shape index (κ1) is 4.34. The van der Waals surface area contributed by atoms with E-state index in [0.717, 1.165) is 0 Å². The molecule has 0 unspecified atom stereocenters. The van der Waals surface area contributed by atoms with Crippen LogP contribution in [0.15, 0.2) is 47.1 Å². The summed E-state index contributed by atoms with van der Waals surface area (Å²) in [5.41, 5.74) is 1.05. The van der Waals surface area contributed by atoms with Gasteiger partial charge >= 0.3 is 0 Å². The van der Waals surface area contributed by atoms with Gasteiger partial charge in [0, 0.05) is 11.6 Å². The lowest BCUT2D eigenvalue weighted by Gasteiger charge is -1.90. The molecule has 0 radical (unpaired) electrons. The Bertz CT molecular complexity index is 391. The molecule has 0 saturated carbocycles. The lowest BCUT2D eigenvalue weighted by molar-refractivity contribution is 0.422. The van der Waals surface area contributed by atoms with Gasteiger partial charge in [0.25, 0.3) is 0 Å². The maximum absolute atomic E-state index is 7.59. The molecule has 2 rings (SSSR count). The Kier molecular flexibility index (Phi) is 1.02. The summed E-state index contributed by atoms with van der Waals surface area (Å²) in [4.78, 5) is 0. The van der Waals surface area contributed by atoms with Crippen LogP contribution in [0.25, 0.3) is 11.3 Å². The average Bonchev–Trinajstić information content (AvgIpc) is 2.57. The molecule has 0 atom stereocenters. The van der Waals surface area contributed by atoms with Crippen molar-refractivity contribution in [2.45, 2.75) is 0 Å². The third-order valence-corrected chi connectivity index (χ3v) is 1.34. The minimum absolute atomic E-state index is 0.293. The van der Waals surface area contributed by atoms with E-state index in [1.54, 1.807) is 24.3 Å². The molecule has 0 saturated heterocycles. The van der Waals surface area contributed by atoms with Crippen LogP contribution in [0.5, 0.6) is 0 Å². The van der Waals surface area contributed by atoms with Crippen molar-refractivity contribution in [2.75, 3.05) is 0 Å². The molecule has 0 aliphatic carbocycles. The van der Waals surface area contributed by atoms with Crippen LogP contribution in [0.1, 0.15) is 2.74 Å². The second kappa shape index (κ2) is 2.58. The Morgan fingerprint density at radius 3 is 2.73 bits per heavy atom. The molecule has 0 spiro atoms. The van der Waals surface area contributed by atoms with Crippen LogP contribution >= 0.6 is 0 Å². The second-order valence-corrected chi connectivity index (χ2v) is 2.07. The molecule has 1 heterocycles. The third kappa shape index (κ3) is 1.15. The van der Waals surface area contributed by atoms with Gasteiger partial charge < -0.3 is 4.52 Å². The van der Waals surface area contributed by atoms with Crippen LogP contribution in [-0.2, 0) is 0 Å². The Labute approximate surface area is 67.3 Å². The van der Waals surface area contributed by atoms with Crippen molar-refractivity contribution in [3.8, 4) is 11.3 Å². The van der Waals surface area contributed by atoms with E-state index in [-0.39, 0.29) is 0 Å². The SMILES string of the molecule is [2H]c1cccc([2H])c1-c1ccon1. The highest BCUT2D eigenvalue weighted by atomic mass is 16.5. The Morgan fingerprint density at radius 2 is 2.09 bits per heavy atom. The molecule has 0 bridgehead atoms. The van der Waals surface area contributed by atoms with Gasteiger partial charge in [0.1, 0.15) is 12.0 Å². The molecular formula is C9H7NO. The molecular weight excluding hydrogens is 138 g/mol. The van der Waals surface area contributed by atoms with Gasteiger partial charge in [-0.15, -0.1) is 0 Å². The predicted molar refractivity (Wildman–Crippen MR) is 41.9 cm³/mol. The zero-order valence-corrected chi connectivity index (χ0v) is 5.74. The molecule has 0 amide bonds. The summed E-state index contributed by atoms with van der Waals surface area (Å²) in [5, 5.41) is 3.69. The first-order valence-corrected chi connectivity index (χ1v) is 3.26. The van der Waals surface area contributed by atoms with Gasteiger partial charge in [-0.05, 0) is 0 Å². The Balaban J connectivity index is 2.64. The number of benzene rings is 1. The van der Waals surface area contributed by atoms with E-state index in [4.69, 9.17) is 2.74 Å². The van der Waals surface area contributed by atoms with E-state index in [0.29, 0.717) is 23.3 Å². The normalized spacial score (nSPS) is 12.4. The number of nitrogens with zero attached hydrogens (tertiary/aromatic N) is 1. The quantitative estimate of drug-likeness (QED) is 0.618. The largest absolute Gasteiger partial charge is 0.364 e. The summed E-state index contributed by atoms with van der Waals surface area (Å²) in [6.07, 6.45) is 1.43. The first-order valence-electron chi connectivity index (χ1n) is 4.26.